The first-order chi connectivity index (χ1) is 12.8. The van der Waals surface area contributed by atoms with Crippen LogP contribution in [0.5, 0.6) is 5.75 Å². The lowest BCUT2D eigenvalue weighted by atomic mass is 10.00. The van der Waals surface area contributed by atoms with Gasteiger partial charge in [0.25, 0.3) is 0 Å². The molecule has 138 valence electrons. The van der Waals surface area contributed by atoms with Crippen molar-refractivity contribution in [3.05, 3.63) is 30.9 Å². The maximum absolute atomic E-state index is 5.27. The predicted molar refractivity (Wildman–Crippen MR) is 102 cm³/mol. The summed E-state index contributed by atoms with van der Waals surface area (Å²) in [5, 5.41) is 0. The summed E-state index contributed by atoms with van der Waals surface area (Å²) >= 11 is 0. The third kappa shape index (κ3) is 3.80. The molecule has 4 rings (SSSR count). The minimum atomic E-state index is 0.741. The Hall–Kier alpha value is -2.21. The van der Waals surface area contributed by atoms with Crippen LogP contribution in [0, 0.1) is 0 Å². The molecule has 0 N–H and O–H groups in total. The zero-order valence-corrected chi connectivity index (χ0v) is 15.5. The first-order valence-electron chi connectivity index (χ1n) is 9.64. The summed E-state index contributed by atoms with van der Waals surface area (Å²) in [5.41, 5.74) is 1.84. The third-order valence-electron chi connectivity index (χ3n) is 5.59. The van der Waals surface area contributed by atoms with Gasteiger partial charge < -0.3 is 14.5 Å². The van der Waals surface area contributed by atoms with Crippen molar-refractivity contribution in [2.45, 2.75) is 38.1 Å². The Kier molecular flexibility index (Phi) is 5.29. The molecule has 2 aliphatic rings. The van der Waals surface area contributed by atoms with Crippen LogP contribution in [0.2, 0.25) is 0 Å². The molecule has 6 nitrogen and oxygen atoms in total. The molecule has 0 radical (unpaired) electrons. The second-order valence-corrected chi connectivity index (χ2v) is 7.19. The summed E-state index contributed by atoms with van der Waals surface area (Å²) < 4.78 is 5.27. The highest BCUT2D eigenvalue weighted by atomic mass is 16.5. The van der Waals surface area contributed by atoms with Crippen LogP contribution in [0.1, 0.15) is 32.1 Å². The zero-order chi connectivity index (χ0) is 17.8. The van der Waals surface area contributed by atoms with Gasteiger partial charge in [0.05, 0.1) is 19.0 Å². The van der Waals surface area contributed by atoms with Crippen molar-refractivity contribution in [1.82, 2.24) is 19.9 Å². The van der Waals surface area contributed by atoms with Gasteiger partial charge in [-0.15, -0.1) is 0 Å². The van der Waals surface area contributed by atoms with Gasteiger partial charge in [0.1, 0.15) is 17.9 Å². The van der Waals surface area contributed by atoms with Crippen LogP contribution in [-0.4, -0.2) is 59.2 Å². The fourth-order valence-electron chi connectivity index (χ4n) is 4.09. The molecule has 2 aliphatic heterocycles. The zero-order valence-electron chi connectivity index (χ0n) is 15.5. The first kappa shape index (κ1) is 17.2. The normalized spacial score (nSPS) is 19.5. The van der Waals surface area contributed by atoms with Crippen LogP contribution < -0.4 is 9.64 Å². The largest absolute Gasteiger partial charge is 0.495 e. The van der Waals surface area contributed by atoms with Gasteiger partial charge in [0, 0.05) is 37.0 Å². The van der Waals surface area contributed by atoms with Gasteiger partial charge in [0.2, 0.25) is 0 Å². The molecule has 0 aliphatic carbocycles. The maximum Gasteiger partial charge on any atom is 0.137 e. The van der Waals surface area contributed by atoms with Crippen molar-refractivity contribution in [1.29, 1.82) is 0 Å². The molecule has 4 heterocycles. The molecule has 0 amide bonds. The van der Waals surface area contributed by atoms with E-state index in [1.165, 1.54) is 45.2 Å². The van der Waals surface area contributed by atoms with Gasteiger partial charge in [-0.2, -0.15) is 0 Å². The van der Waals surface area contributed by atoms with Crippen LogP contribution >= 0.6 is 0 Å². The predicted octanol–water partition coefficient (Wildman–Crippen LogP) is 3.00. The summed E-state index contributed by atoms with van der Waals surface area (Å²) in [6, 6.07) is 4.77. The second-order valence-electron chi connectivity index (χ2n) is 7.19. The van der Waals surface area contributed by atoms with Crippen LogP contribution in [0.25, 0.3) is 11.3 Å². The molecule has 2 saturated heterocycles. The number of ether oxygens (including phenoxy) is 1. The number of pyridine rings is 1. The molecule has 2 fully saturated rings. The fraction of sp³-hybridized carbons (Fsp3) is 0.550. The number of hydrogen-bond acceptors (Lipinski definition) is 6. The average molecular weight is 353 g/mol. The van der Waals surface area contributed by atoms with Crippen molar-refractivity contribution in [3.63, 3.8) is 0 Å². The van der Waals surface area contributed by atoms with Crippen molar-refractivity contribution in [2.24, 2.45) is 0 Å². The number of likely N-dealkylation sites (tertiary alicyclic amines) is 1. The molecule has 26 heavy (non-hydrogen) atoms. The molecular formula is C20H27N5O. The molecule has 2 aromatic rings. The van der Waals surface area contributed by atoms with E-state index < -0.39 is 0 Å². The van der Waals surface area contributed by atoms with Gasteiger partial charge in [-0.1, -0.05) is 6.42 Å². The molecule has 2 aromatic heterocycles. The SMILES string of the molecule is COc1cncc(-c2cc(N3CCC(N4CCCCC4)CC3)ncn2)c1. The molecule has 6 heteroatoms. The molecule has 0 aromatic carbocycles. The summed E-state index contributed by atoms with van der Waals surface area (Å²) in [7, 11) is 1.65. The minimum Gasteiger partial charge on any atom is -0.495 e. The molecule has 0 bridgehead atoms. The van der Waals surface area contributed by atoms with Crippen LogP contribution in [0.3, 0.4) is 0 Å². The van der Waals surface area contributed by atoms with Crippen LogP contribution in [-0.2, 0) is 0 Å². The van der Waals surface area contributed by atoms with Gasteiger partial charge in [-0.25, -0.2) is 9.97 Å². The third-order valence-corrected chi connectivity index (χ3v) is 5.59. The number of aromatic nitrogens is 3. The van der Waals surface area contributed by atoms with Gasteiger partial charge in [-0.05, 0) is 44.8 Å². The lowest BCUT2D eigenvalue weighted by molar-refractivity contribution is 0.141. The van der Waals surface area contributed by atoms with Crippen molar-refractivity contribution >= 4 is 5.82 Å². The van der Waals surface area contributed by atoms with Crippen LogP contribution in [0.15, 0.2) is 30.9 Å². The van der Waals surface area contributed by atoms with E-state index in [1.807, 2.05) is 12.3 Å². The molecule has 0 unspecified atom stereocenters. The first-order valence-corrected chi connectivity index (χ1v) is 9.64. The van der Waals surface area contributed by atoms with E-state index >= 15 is 0 Å². The van der Waals surface area contributed by atoms with Gasteiger partial charge in [0.15, 0.2) is 0 Å². The molecule has 0 saturated carbocycles. The van der Waals surface area contributed by atoms with Crippen molar-refractivity contribution < 1.29 is 4.74 Å². The Balaban J connectivity index is 1.44. The summed E-state index contributed by atoms with van der Waals surface area (Å²) in [6.07, 6.45) is 11.8. The number of nitrogens with zero attached hydrogens (tertiary/aromatic N) is 5. The van der Waals surface area contributed by atoms with E-state index in [9.17, 15) is 0 Å². The summed E-state index contributed by atoms with van der Waals surface area (Å²) in [6.45, 7) is 4.69. The monoisotopic (exact) mass is 353 g/mol. The lowest BCUT2D eigenvalue weighted by Gasteiger charge is -2.40. The highest BCUT2D eigenvalue weighted by Gasteiger charge is 2.26. The smallest absolute Gasteiger partial charge is 0.137 e. The topological polar surface area (TPSA) is 54.4 Å². The number of anilines is 1. The van der Waals surface area contributed by atoms with Crippen molar-refractivity contribution in [2.75, 3.05) is 38.2 Å². The van der Waals surface area contributed by atoms with Gasteiger partial charge >= 0.3 is 0 Å². The number of piperidine rings is 2. The Morgan fingerprint density at radius 3 is 2.54 bits per heavy atom. The molecular weight excluding hydrogens is 326 g/mol. The lowest BCUT2D eigenvalue weighted by Crippen LogP contribution is -2.46. The quantitative estimate of drug-likeness (QED) is 0.842. The van der Waals surface area contributed by atoms with E-state index in [0.29, 0.717) is 0 Å². The highest BCUT2D eigenvalue weighted by Crippen LogP contribution is 2.26. The van der Waals surface area contributed by atoms with Crippen LogP contribution in [0.4, 0.5) is 5.82 Å². The summed E-state index contributed by atoms with van der Waals surface area (Å²) in [5.74, 6) is 1.75. The van der Waals surface area contributed by atoms with E-state index in [1.54, 1.807) is 19.6 Å². The van der Waals surface area contributed by atoms with Gasteiger partial charge in [-0.3, -0.25) is 4.98 Å². The van der Waals surface area contributed by atoms with Crippen molar-refractivity contribution in [3.8, 4) is 17.0 Å². The van der Waals surface area contributed by atoms with E-state index in [-0.39, 0.29) is 0 Å². The highest BCUT2D eigenvalue weighted by molar-refractivity contribution is 5.63. The Morgan fingerprint density at radius 1 is 0.962 bits per heavy atom. The van der Waals surface area contributed by atoms with E-state index in [0.717, 1.165) is 42.0 Å². The average Bonchev–Trinajstić information content (AvgIpc) is 2.75. The Bertz CT molecular complexity index is 724. The number of hydrogen-bond donors (Lipinski definition) is 0. The minimum absolute atomic E-state index is 0.741. The number of methoxy groups -OCH3 is 1. The fourth-order valence-corrected chi connectivity index (χ4v) is 4.09. The number of rotatable bonds is 4. The molecule has 0 spiro atoms. The second kappa shape index (κ2) is 7.99. The Labute approximate surface area is 155 Å². The summed E-state index contributed by atoms with van der Waals surface area (Å²) in [4.78, 5) is 18.3. The maximum atomic E-state index is 5.27. The Morgan fingerprint density at radius 2 is 1.77 bits per heavy atom. The molecule has 0 atom stereocenters. The van der Waals surface area contributed by atoms with E-state index in [4.69, 9.17) is 4.74 Å². The standard InChI is InChI=1S/C20H27N5O/c1-26-18-11-16(13-21-14-18)19-12-20(23-15-22-19)25-9-5-17(6-10-25)24-7-3-2-4-8-24/h11-15,17H,2-10H2,1H3. The van der Waals surface area contributed by atoms with E-state index in [2.05, 4.69) is 30.8 Å².